The van der Waals surface area contributed by atoms with Crippen LogP contribution < -0.4 is 29.1 Å². The van der Waals surface area contributed by atoms with E-state index in [0.717, 1.165) is 47.0 Å². The van der Waals surface area contributed by atoms with Crippen molar-refractivity contribution in [3.8, 4) is 11.5 Å². The maximum absolute atomic E-state index is 13.5. The molecule has 10 nitrogen and oxygen atoms in total. The highest BCUT2D eigenvalue weighted by molar-refractivity contribution is 6.22. The summed E-state index contributed by atoms with van der Waals surface area (Å²) in [5, 5.41) is 0. The lowest BCUT2D eigenvalue weighted by Crippen LogP contribution is -3.31. The topological polar surface area (TPSA) is 102 Å². The Morgan fingerprint density at radius 2 is 0.935 bits per heavy atom. The second kappa shape index (κ2) is 16.2. The summed E-state index contributed by atoms with van der Waals surface area (Å²) in [5.74, 6) is 0.736. The monoisotopic (exact) mass is 634 g/mol. The second-order valence-corrected chi connectivity index (χ2v) is 12.8. The molecular formula is C36H50N4O6+2. The molecule has 3 heterocycles. The van der Waals surface area contributed by atoms with Gasteiger partial charge in [-0.1, -0.05) is 52.4 Å². The fourth-order valence-corrected chi connectivity index (χ4v) is 6.85. The Bertz CT molecular complexity index is 1240. The highest BCUT2D eigenvalue weighted by atomic mass is 16.5. The first kappa shape index (κ1) is 33.6. The van der Waals surface area contributed by atoms with Crippen LogP contribution in [0.2, 0.25) is 0 Å². The average Bonchev–Trinajstić information content (AvgIpc) is 3.54. The van der Waals surface area contributed by atoms with Crippen molar-refractivity contribution in [1.29, 1.82) is 0 Å². The number of anilines is 2. The third-order valence-corrected chi connectivity index (χ3v) is 9.54. The lowest BCUT2D eigenvalue weighted by Gasteiger charge is -2.34. The summed E-state index contributed by atoms with van der Waals surface area (Å²) >= 11 is 0. The van der Waals surface area contributed by atoms with Gasteiger partial charge >= 0.3 is 0 Å². The summed E-state index contributed by atoms with van der Waals surface area (Å²) in [4.78, 5) is 57.6. The number of ether oxygens (including phenoxy) is 2. The molecule has 2 N–H and O–H groups in total. The minimum atomic E-state index is -0.437. The average molecular weight is 635 g/mol. The molecule has 0 bridgehead atoms. The Labute approximate surface area is 272 Å². The minimum Gasteiger partial charge on any atom is -0.494 e. The van der Waals surface area contributed by atoms with Crippen molar-refractivity contribution in [1.82, 2.24) is 0 Å². The summed E-state index contributed by atoms with van der Waals surface area (Å²) in [6.07, 6.45) is 9.39. The molecule has 5 rings (SSSR count). The summed E-state index contributed by atoms with van der Waals surface area (Å²) in [6, 6.07) is 13.5. The number of piperazine rings is 1. The third-order valence-electron chi connectivity index (χ3n) is 9.54. The molecule has 3 aliphatic rings. The van der Waals surface area contributed by atoms with E-state index in [0.29, 0.717) is 50.8 Å². The molecule has 2 atom stereocenters. The van der Waals surface area contributed by atoms with E-state index in [2.05, 4.69) is 13.8 Å². The zero-order valence-electron chi connectivity index (χ0n) is 27.4. The van der Waals surface area contributed by atoms with E-state index in [1.54, 1.807) is 24.3 Å². The van der Waals surface area contributed by atoms with Crippen molar-refractivity contribution < 1.29 is 38.5 Å². The van der Waals surface area contributed by atoms with E-state index in [4.69, 9.17) is 9.47 Å². The fourth-order valence-electron chi connectivity index (χ4n) is 6.85. The first-order valence-electron chi connectivity index (χ1n) is 17.3. The van der Waals surface area contributed by atoms with Crippen molar-refractivity contribution >= 4 is 35.0 Å². The highest BCUT2D eigenvalue weighted by Crippen LogP contribution is 2.26. The molecular weight excluding hydrogens is 584 g/mol. The zero-order valence-corrected chi connectivity index (χ0v) is 27.4. The molecule has 0 unspecified atom stereocenters. The van der Waals surface area contributed by atoms with Crippen LogP contribution in [0.3, 0.4) is 0 Å². The lowest BCUT2D eigenvalue weighted by atomic mass is 10.1. The Morgan fingerprint density at radius 3 is 1.28 bits per heavy atom. The van der Waals surface area contributed by atoms with Crippen LogP contribution in [0.1, 0.15) is 78.1 Å². The molecule has 0 aromatic heterocycles. The molecule has 10 heteroatoms. The smallest absolute Gasteiger partial charge is 0.292 e. The van der Waals surface area contributed by atoms with Gasteiger partial charge in [-0.05, 0) is 61.4 Å². The van der Waals surface area contributed by atoms with Gasteiger partial charge < -0.3 is 19.3 Å². The Hall–Kier alpha value is -3.76. The third kappa shape index (κ3) is 7.96. The van der Waals surface area contributed by atoms with Crippen molar-refractivity contribution in [3.05, 3.63) is 48.5 Å². The van der Waals surface area contributed by atoms with Crippen LogP contribution in [0.25, 0.3) is 0 Å². The number of hydrogen-bond acceptors (Lipinski definition) is 6. The minimum absolute atomic E-state index is 0.173. The number of carbonyl (C=O) groups is 4. The van der Waals surface area contributed by atoms with Crippen LogP contribution in [0.5, 0.6) is 11.5 Å². The molecule has 4 amide bonds. The molecule has 3 fully saturated rings. The number of benzene rings is 2. The number of imide groups is 2. The molecule has 0 aliphatic carbocycles. The number of nitrogens with zero attached hydrogens (tertiary/aromatic N) is 2. The quantitative estimate of drug-likeness (QED) is 0.217. The predicted octanol–water partition coefficient (Wildman–Crippen LogP) is 2.35. The number of amides is 4. The van der Waals surface area contributed by atoms with E-state index in [9.17, 15) is 19.2 Å². The Balaban J connectivity index is 1.11. The van der Waals surface area contributed by atoms with Gasteiger partial charge in [0.1, 0.15) is 37.7 Å². The molecule has 3 aliphatic heterocycles. The van der Waals surface area contributed by atoms with Gasteiger partial charge in [-0.3, -0.25) is 19.2 Å². The lowest BCUT2D eigenvalue weighted by molar-refractivity contribution is -1.02. The van der Waals surface area contributed by atoms with E-state index in [-0.39, 0.29) is 36.5 Å². The molecule has 46 heavy (non-hydrogen) atoms. The van der Waals surface area contributed by atoms with Crippen molar-refractivity contribution in [2.75, 3.05) is 49.2 Å². The normalized spacial score (nSPS) is 23.4. The fraction of sp³-hybridized carbons (Fsp3) is 0.556. The summed E-state index contributed by atoms with van der Waals surface area (Å²) in [7, 11) is 0. The van der Waals surface area contributed by atoms with E-state index >= 15 is 0 Å². The van der Waals surface area contributed by atoms with Crippen LogP contribution in [0.15, 0.2) is 48.5 Å². The zero-order chi connectivity index (χ0) is 32.5. The molecule has 2 aromatic carbocycles. The number of hydrogen-bond donors (Lipinski definition) is 2. The van der Waals surface area contributed by atoms with Crippen LogP contribution >= 0.6 is 0 Å². The number of quaternary nitrogens is 2. The number of carbonyl (C=O) groups excluding carboxylic acids is 4. The van der Waals surface area contributed by atoms with Crippen molar-refractivity contribution in [3.63, 3.8) is 0 Å². The molecule has 0 saturated carbocycles. The van der Waals surface area contributed by atoms with Gasteiger partial charge in [-0.2, -0.15) is 0 Å². The van der Waals surface area contributed by atoms with Gasteiger partial charge in [0.15, 0.2) is 12.1 Å². The number of nitrogens with one attached hydrogen (secondary N) is 2. The number of unbranched alkanes of at least 4 members (excludes halogenated alkanes) is 6. The first-order valence-corrected chi connectivity index (χ1v) is 17.3. The molecule has 248 valence electrons. The molecule has 3 saturated heterocycles. The van der Waals surface area contributed by atoms with Crippen LogP contribution in [-0.4, -0.2) is 75.1 Å². The molecule has 2 aromatic rings. The van der Waals surface area contributed by atoms with Gasteiger partial charge in [0.05, 0.1) is 37.4 Å². The van der Waals surface area contributed by atoms with Crippen LogP contribution in [0, 0.1) is 0 Å². The van der Waals surface area contributed by atoms with Crippen LogP contribution in [-0.2, 0) is 19.2 Å². The standard InChI is InChI=1S/C36H48N4O6/c1-3-5-7-9-23-45-29-15-11-27(12-16-29)39-33(41)25-31(35(39)43)37-19-21-38(22-20-37)32-26-34(42)40(36(32)44)28-13-17-30(18-14-28)46-24-10-8-6-4-2/h11-18,31-32H,3-10,19-26H2,1-2H3/p+2/t31-,32-/m1/s1. The van der Waals surface area contributed by atoms with E-state index in [1.807, 2.05) is 24.3 Å². The summed E-state index contributed by atoms with van der Waals surface area (Å²) in [5.41, 5.74) is 1.14. The second-order valence-electron chi connectivity index (χ2n) is 12.8. The van der Waals surface area contributed by atoms with Gasteiger partial charge in [0.25, 0.3) is 11.8 Å². The Morgan fingerprint density at radius 1 is 0.565 bits per heavy atom. The SMILES string of the molecule is CCCCCCOc1ccc(N2C(=O)C[C@@H]([NH+]3CC[NH+]([C@@H]4CC(=O)N(c5ccc(OCCCCCC)cc5)C4=O)CC3)C2=O)cc1. The van der Waals surface area contributed by atoms with Crippen molar-refractivity contribution in [2.45, 2.75) is 90.1 Å². The van der Waals surface area contributed by atoms with E-state index in [1.165, 1.54) is 35.5 Å². The van der Waals surface area contributed by atoms with Gasteiger partial charge in [-0.15, -0.1) is 0 Å². The van der Waals surface area contributed by atoms with Gasteiger partial charge in [0, 0.05) is 0 Å². The van der Waals surface area contributed by atoms with Crippen LogP contribution in [0.4, 0.5) is 11.4 Å². The molecule has 0 spiro atoms. The molecule has 0 radical (unpaired) electrons. The van der Waals surface area contributed by atoms with E-state index < -0.39 is 12.1 Å². The van der Waals surface area contributed by atoms with Gasteiger partial charge in [-0.25, -0.2) is 9.80 Å². The van der Waals surface area contributed by atoms with Gasteiger partial charge in [0.2, 0.25) is 11.8 Å². The largest absolute Gasteiger partial charge is 0.494 e. The highest BCUT2D eigenvalue weighted by Gasteiger charge is 2.50. The first-order chi connectivity index (χ1) is 22.4. The maximum atomic E-state index is 13.5. The summed E-state index contributed by atoms with van der Waals surface area (Å²) in [6.45, 7) is 8.27. The predicted molar refractivity (Wildman–Crippen MR) is 175 cm³/mol. The number of rotatable bonds is 16. The maximum Gasteiger partial charge on any atom is 0.292 e. The Kier molecular flexibility index (Phi) is 11.8. The van der Waals surface area contributed by atoms with Crippen molar-refractivity contribution in [2.24, 2.45) is 0 Å². The summed E-state index contributed by atoms with van der Waals surface area (Å²) < 4.78 is 11.6.